The quantitative estimate of drug-likeness (QED) is 0.567. The van der Waals surface area contributed by atoms with E-state index in [0.29, 0.717) is 18.9 Å². The Morgan fingerprint density at radius 1 is 1.40 bits per heavy atom. The van der Waals surface area contributed by atoms with Crippen LogP contribution in [0, 0.1) is 5.92 Å². The second-order valence-electron chi connectivity index (χ2n) is 4.89. The molecule has 1 heterocycles. The lowest BCUT2D eigenvalue weighted by molar-refractivity contribution is -0.127. The van der Waals surface area contributed by atoms with Crippen LogP contribution in [-0.2, 0) is 4.79 Å². The van der Waals surface area contributed by atoms with Gasteiger partial charge in [-0.3, -0.25) is 4.79 Å². The number of carbonyl (C=O) groups is 1. The predicted molar refractivity (Wildman–Crippen MR) is 78.0 cm³/mol. The molecule has 4 nitrogen and oxygen atoms in total. The number of hydrogen-bond donors (Lipinski definition) is 0. The smallest absolute Gasteiger partial charge is 0.223 e. The second kappa shape index (κ2) is 6.98. The van der Waals surface area contributed by atoms with E-state index >= 15 is 0 Å². The highest BCUT2D eigenvalue weighted by atomic mass is 16.5. The van der Waals surface area contributed by atoms with E-state index in [1.54, 1.807) is 7.11 Å². The van der Waals surface area contributed by atoms with E-state index in [-0.39, 0.29) is 5.91 Å². The van der Waals surface area contributed by atoms with Crippen LogP contribution in [0.25, 0.3) is 0 Å². The number of rotatable bonds is 7. The Balaban J connectivity index is 1.74. The topological polar surface area (TPSA) is 38.8 Å². The molecular formula is C16H21NO3. The molecule has 1 unspecified atom stereocenters. The minimum atomic E-state index is 0.215. The van der Waals surface area contributed by atoms with Crippen molar-refractivity contribution in [3.8, 4) is 11.5 Å². The molecule has 1 fully saturated rings. The number of amides is 1. The van der Waals surface area contributed by atoms with Gasteiger partial charge >= 0.3 is 0 Å². The maximum Gasteiger partial charge on any atom is 0.223 e. The maximum atomic E-state index is 11.7. The van der Waals surface area contributed by atoms with Crippen LogP contribution in [0.2, 0.25) is 0 Å². The average Bonchev–Trinajstić information content (AvgIpc) is 2.84. The summed E-state index contributed by atoms with van der Waals surface area (Å²) in [6.07, 6.45) is 3.27. The van der Waals surface area contributed by atoms with E-state index in [4.69, 9.17) is 9.47 Å². The van der Waals surface area contributed by atoms with Gasteiger partial charge in [-0.15, -0.1) is 6.58 Å². The molecule has 2 rings (SSSR count). The van der Waals surface area contributed by atoms with Crippen molar-refractivity contribution in [2.24, 2.45) is 5.92 Å². The summed E-state index contributed by atoms with van der Waals surface area (Å²) in [4.78, 5) is 13.6. The molecule has 1 saturated heterocycles. The highest BCUT2D eigenvalue weighted by molar-refractivity contribution is 5.78. The van der Waals surface area contributed by atoms with Crippen LogP contribution < -0.4 is 9.47 Å². The zero-order valence-corrected chi connectivity index (χ0v) is 11.9. The number of methoxy groups -OCH3 is 1. The Labute approximate surface area is 120 Å². The monoisotopic (exact) mass is 275 g/mol. The first-order valence-corrected chi connectivity index (χ1v) is 6.90. The van der Waals surface area contributed by atoms with E-state index in [1.807, 2.05) is 35.2 Å². The fourth-order valence-corrected chi connectivity index (χ4v) is 2.35. The van der Waals surface area contributed by atoms with Crippen LogP contribution in [0.15, 0.2) is 36.9 Å². The number of para-hydroxylation sites is 2. The lowest BCUT2D eigenvalue weighted by atomic mass is 10.1. The zero-order chi connectivity index (χ0) is 14.4. The first kappa shape index (κ1) is 14.4. The Morgan fingerprint density at radius 2 is 2.15 bits per heavy atom. The SMILES string of the molecule is C=CC1CC(=O)N(CCCOc2ccccc2OC)C1. The van der Waals surface area contributed by atoms with Gasteiger partial charge in [-0.2, -0.15) is 0 Å². The minimum Gasteiger partial charge on any atom is -0.493 e. The van der Waals surface area contributed by atoms with Gasteiger partial charge in [0, 0.05) is 25.4 Å². The van der Waals surface area contributed by atoms with Crippen LogP contribution in [0.4, 0.5) is 0 Å². The molecule has 4 heteroatoms. The number of likely N-dealkylation sites (tertiary alicyclic amines) is 1. The molecule has 20 heavy (non-hydrogen) atoms. The van der Waals surface area contributed by atoms with Gasteiger partial charge in [-0.25, -0.2) is 0 Å². The van der Waals surface area contributed by atoms with Crippen molar-refractivity contribution < 1.29 is 14.3 Å². The van der Waals surface area contributed by atoms with Gasteiger partial charge in [-0.05, 0) is 18.6 Å². The van der Waals surface area contributed by atoms with Crippen LogP contribution >= 0.6 is 0 Å². The molecule has 0 saturated carbocycles. The molecule has 0 aliphatic carbocycles. The zero-order valence-electron chi connectivity index (χ0n) is 11.9. The third kappa shape index (κ3) is 3.53. The molecule has 0 aromatic heterocycles. The van der Waals surface area contributed by atoms with Gasteiger partial charge in [-0.1, -0.05) is 18.2 Å². The molecule has 1 aliphatic rings. The lowest BCUT2D eigenvalue weighted by Crippen LogP contribution is -2.27. The Bertz CT molecular complexity index is 473. The molecular weight excluding hydrogens is 254 g/mol. The Morgan fingerprint density at radius 3 is 2.80 bits per heavy atom. The van der Waals surface area contributed by atoms with Crippen molar-refractivity contribution in [2.75, 3.05) is 26.8 Å². The summed E-state index contributed by atoms with van der Waals surface area (Å²) in [5, 5.41) is 0. The van der Waals surface area contributed by atoms with Gasteiger partial charge in [0.2, 0.25) is 5.91 Å². The van der Waals surface area contributed by atoms with Crippen LogP contribution in [0.1, 0.15) is 12.8 Å². The maximum absolute atomic E-state index is 11.7. The summed E-state index contributed by atoms with van der Waals surface area (Å²) >= 11 is 0. The van der Waals surface area contributed by atoms with Crippen LogP contribution in [-0.4, -0.2) is 37.6 Å². The first-order valence-electron chi connectivity index (χ1n) is 6.90. The third-order valence-corrected chi connectivity index (χ3v) is 3.48. The standard InChI is InChI=1S/C16H21NO3/c1-3-13-11-16(18)17(12-13)9-6-10-20-15-8-5-4-7-14(15)19-2/h3-5,7-8,13H,1,6,9-12H2,2H3. The number of nitrogens with zero attached hydrogens (tertiary/aromatic N) is 1. The van der Waals surface area contributed by atoms with Crippen LogP contribution in [0.5, 0.6) is 11.5 Å². The van der Waals surface area contributed by atoms with E-state index in [1.165, 1.54) is 0 Å². The summed E-state index contributed by atoms with van der Waals surface area (Å²) in [5.74, 6) is 1.99. The predicted octanol–water partition coefficient (Wildman–Crippen LogP) is 2.50. The number of ether oxygens (including phenoxy) is 2. The molecule has 1 atom stereocenters. The van der Waals surface area contributed by atoms with Crippen molar-refractivity contribution >= 4 is 5.91 Å². The molecule has 0 bridgehead atoms. The molecule has 0 radical (unpaired) electrons. The van der Waals surface area contributed by atoms with Crippen molar-refractivity contribution in [1.82, 2.24) is 4.90 Å². The van der Waals surface area contributed by atoms with E-state index in [2.05, 4.69) is 6.58 Å². The number of carbonyl (C=O) groups excluding carboxylic acids is 1. The normalized spacial score (nSPS) is 18.1. The van der Waals surface area contributed by atoms with Crippen molar-refractivity contribution in [1.29, 1.82) is 0 Å². The highest BCUT2D eigenvalue weighted by Gasteiger charge is 2.26. The van der Waals surface area contributed by atoms with Gasteiger partial charge in [0.15, 0.2) is 11.5 Å². The van der Waals surface area contributed by atoms with Gasteiger partial charge in [0.25, 0.3) is 0 Å². The van der Waals surface area contributed by atoms with Crippen molar-refractivity contribution in [2.45, 2.75) is 12.8 Å². The highest BCUT2D eigenvalue weighted by Crippen LogP contribution is 2.26. The molecule has 0 spiro atoms. The van der Waals surface area contributed by atoms with E-state index < -0.39 is 0 Å². The summed E-state index contributed by atoms with van der Waals surface area (Å²) < 4.78 is 10.9. The Kier molecular flexibility index (Phi) is 5.04. The Hall–Kier alpha value is -1.97. The van der Waals surface area contributed by atoms with Gasteiger partial charge in [0.1, 0.15) is 0 Å². The van der Waals surface area contributed by atoms with Gasteiger partial charge in [0.05, 0.1) is 13.7 Å². The molecule has 1 aromatic carbocycles. The average molecular weight is 275 g/mol. The van der Waals surface area contributed by atoms with Crippen molar-refractivity contribution in [3.05, 3.63) is 36.9 Å². The van der Waals surface area contributed by atoms with E-state index in [9.17, 15) is 4.79 Å². The summed E-state index contributed by atoms with van der Waals surface area (Å²) in [7, 11) is 1.63. The van der Waals surface area contributed by atoms with Crippen LogP contribution in [0.3, 0.4) is 0 Å². The molecule has 1 amide bonds. The molecule has 0 N–H and O–H groups in total. The molecule has 1 aliphatic heterocycles. The summed E-state index contributed by atoms with van der Waals surface area (Å²) in [6, 6.07) is 7.57. The molecule has 1 aromatic rings. The second-order valence-corrected chi connectivity index (χ2v) is 4.89. The lowest BCUT2D eigenvalue weighted by Gasteiger charge is -2.16. The fourth-order valence-electron chi connectivity index (χ4n) is 2.35. The third-order valence-electron chi connectivity index (χ3n) is 3.48. The fraction of sp³-hybridized carbons (Fsp3) is 0.438. The summed E-state index contributed by atoms with van der Waals surface area (Å²) in [6.45, 7) is 5.84. The number of hydrogen-bond acceptors (Lipinski definition) is 3. The first-order chi connectivity index (χ1) is 9.74. The molecule has 108 valence electrons. The van der Waals surface area contributed by atoms with Crippen molar-refractivity contribution in [3.63, 3.8) is 0 Å². The minimum absolute atomic E-state index is 0.215. The van der Waals surface area contributed by atoms with Gasteiger partial charge < -0.3 is 14.4 Å². The summed E-state index contributed by atoms with van der Waals surface area (Å²) in [5.41, 5.74) is 0. The number of benzene rings is 1. The largest absolute Gasteiger partial charge is 0.493 e. The van der Waals surface area contributed by atoms with E-state index in [0.717, 1.165) is 31.0 Å².